The molecule has 5 nitrogen and oxygen atoms in total. The molecular formula is C16H22N2O3. The highest BCUT2D eigenvalue weighted by molar-refractivity contribution is 5.94. The van der Waals surface area contributed by atoms with Crippen molar-refractivity contribution in [2.75, 3.05) is 6.54 Å². The van der Waals surface area contributed by atoms with E-state index in [1.165, 1.54) is 12.1 Å². The number of carbonyl (C=O) groups excluding carboxylic acids is 1. The predicted octanol–water partition coefficient (Wildman–Crippen LogP) is 2.74. The third-order valence-electron chi connectivity index (χ3n) is 4.05. The van der Waals surface area contributed by atoms with Crippen molar-refractivity contribution in [3.8, 4) is 0 Å². The number of hydrogen-bond donors (Lipinski definition) is 1. The summed E-state index contributed by atoms with van der Waals surface area (Å²) < 4.78 is 0. The molecule has 1 aromatic rings. The summed E-state index contributed by atoms with van der Waals surface area (Å²) >= 11 is 0. The van der Waals surface area contributed by atoms with Crippen molar-refractivity contribution in [2.24, 2.45) is 5.41 Å². The van der Waals surface area contributed by atoms with Gasteiger partial charge < -0.3 is 10.0 Å². The summed E-state index contributed by atoms with van der Waals surface area (Å²) in [6, 6.07) is 3.17. The summed E-state index contributed by atoms with van der Waals surface area (Å²) in [5.74, 6) is -1.12. The van der Waals surface area contributed by atoms with Crippen LogP contribution in [-0.2, 0) is 0 Å². The number of aromatic nitrogens is 1. The number of amides is 1. The highest BCUT2D eigenvalue weighted by Crippen LogP contribution is 2.33. The van der Waals surface area contributed by atoms with Crippen LogP contribution in [0.2, 0.25) is 0 Å². The fraction of sp³-hybridized carbons (Fsp3) is 0.562. The average molecular weight is 290 g/mol. The van der Waals surface area contributed by atoms with Crippen LogP contribution in [0.1, 0.15) is 60.2 Å². The minimum absolute atomic E-state index is 0.0300. The van der Waals surface area contributed by atoms with Crippen molar-refractivity contribution in [3.63, 3.8) is 0 Å². The number of hydrogen-bond acceptors (Lipinski definition) is 3. The molecule has 114 valence electrons. The van der Waals surface area contributed by atoms with Crippen molar-refractivity contribution < 1.29 is 14.7 Å². The molecule has 2 heterocycles. The third kappa shape index (κ3) is 3.06. The van der Waals surface area contributed by atoms with E-state index in [4.69, 9.17) is 5.11 Å². The second-order valence-electron chi connectivity index (χ2n) is 6.66. The normalized spacial score (nSPS) is 18.9. The number of nitrogens with zero attached hydrogens (tertiary/aromatic N) is 2. The lowest BCUT2D eigenvalue weighted by atomic mass is 9.85. The second-order valence-corrected chi connectivity index (χ2v) is 6.66. The van der Waals surface area contributed by atoms with E-state index >= 15 is 0 Å². The number of aromatic carboxylic acids is 1. The molecule has 5 heteroatoms. The number of carboxylic acids is 1. The topological polar surface area (TPSA) is 70.5 Å². The molecule has 0 saturated carbocycles. The molecule has 1 N–H and O–H groups in total. The zero-order valence-electron chi connectivity index (χ0n) is 13.0. The zero-order valence-corrected chi connectivity index (χ0v) is 13.0. The first-order chi connectivity index (χ1) is 9.71. The van der Waals surface area contributed by atoms with Gasteiger partial charge in [0.25, 0.3) is 5.91 Å². The first-order valence-electron chi connectivity index (χ1n) is 7.23. The van der Waals surface area contributed by atoms with E-state index < -0.39 is 5.97 Å². The van der Waals surface area contributed by atoms with Crippen LogP contribution in [0.3, 0.4) is 0 Å². The molecule has 1 fully saturated rings. The molecule has 1 amide bonds. The highest BCUT2D eigenvalue weighted by Gasteiger charge is 2.37. The molecule has 1 aromatic heterocycles. The van der Waals surface area contributed by atoms with Gasteiger partial charge in [0.05, 0.1) is 11.3 Å². The molecule has 1 aliphatic rings. The lowest BCUT2D eigenvalue weighted by Gasteiger charge is -2.35. The predicted molar refractivity (Wildman–Crippen MR) is 79.4 cm³/mol. The van der Waals surface area contributed by atoms with Crippen LogP contribution in [0.4, 0.5) is 0 Å². The summed E-state index contributed by atoms with van der Waals surface area (Å²) in [5.41, 5.74) is 0.871. The van der Waals surface area contributed by atoms with Crippen molar-refractivity contribution in [1.29, 1.82) is 0 Å². The van der Waals surface area contributed by atoms with E-state index in [2.05, 4.69) is 25.8 Å². The summed E-state index contributed by atoms with van der Waals surface area (Å²) in [7, 11) is 0. The summed E-state index contributed by atoms with van der Waals surface area (Å²) in [6.45, 7) is 8.76. The Hall–Kier alpha value is -1.91. The molecule has 1 aliphatic heterocycles. The molecule has 0 spiro atoms. The summed E-state index contributed by atoms with van der Waals surface area (Å²) in [6.07, 6.45) is 2.00. The highest BCUT2D eigenvalue weighted by atomic mass is 16.4. The van der Waals surface area contributed by atoms with Gasteiger partial charge in [0.1, 0.15) is 5.69 Å². The molecule has 0 aromatic carbocycles. The van der Waals surface area contributed by atoms with Crippen molar-refractivity contribution in [1.82, 2.24) is 9.88 Å². The number of rotatable bonds is 2. The average Bonchev–Trinajstić information content (AvgIpc) is 2.86. The second kappa shape index (κ2) is 5.47. The fourth-order valence-corrected chi connectivity index (χ4v) is 2.96. The minimum Gasteiger partial charge on any atom is -0.478 e. The van der Waals surface area contributed by atoms with Gasteiger partial charge in [-0.05, 0) is 37.3 Å². The Morgan fingerprint density at radius 2 is 2.00 bits per heavy atom. The van der Waals surface area contributed by atoms with Gasteiger partial charge in [-0.3, -0.25) is 4.79 Å². The van der Waals surface area contributed by atoms with E-state index in [1.807, 2.05) is 4.90 Å². The lowest BCUT2D eigenvalue weighted by Crippen LogP contribution is -2.43. The Balaban J connectivity index is 2.28. The molecule has 21 heavy (non-hydrogen) atoms. The maximum absolute atomic E-state index is 12.7. The number of carboxylic acid groups (broad SMARTS) is 1. The van der Waals surface area contributed by atoms with E-state index in [1.54, 1.807) is 6.92 Å². The Morgan fingerprint density at radius 3 is 2.52 bits per heavy atom. The largest absolute Gasteiger partial charge is 0.478 e. The van der Waals surface area contributed by atoms with Crippen molar-refractivity contribution >= 4 is 11.9 Å². The maximum atomic E-state index is 12.7. The van der Waals surface area contributed by atoms with Crippen LogP contribution in [0, 0.1) is 12.3 Å². The van der Waals surface area contributed by atoms with Gasteiger partial charge in [0.15, 0.2) is 0 Å². The molecule has 1 saturated heterocycles. The quantitative estimate of drug-likeness (QED) is 0.909. The molecule has 2 rings (SSSR count). The monoisotopic (exact) mass is 290 g/mol. The maximum Gasteiger partial charge on any atom is 0.337 e. The van der Waals surface area contributed by atoms with Crippen LogP contribution in [0.5, 0.6) is 0 Å². The van der Waals surface area contributed by atoms with Gasteiger partial charge in [-0.15, -0.1) is 0 Å². The van der Waals surface area contributed by atoms with Crippen LogP contribution in [0.15, 0.2) is 12.1 Å². The Labute approximate surface area is 125 Å². The van der Waals surface area contributed by atoms with Gasteiger partial charge in [0.2, 0.25) is 0 Å². The van der Waals surface area contributed by atoms with Gasteiger partial charge >= 0.3 is 5.97 Å². The minimum atomic E-state index is -1.02. The number of likely N-dealkylation sites (tertiary alicyclic amines) is 1. The Morgan fingerprint density at radius 1 is 1.33 bits per heavy atom. The first kappa shape index (κ1) is 15.5. The standard InChI is InChI=1S/C16H22N2O3/c1-10-11(15(20)21)7-8-12(17-10)14(19)18-9-5-6-13(18)16(2,3)4/h7-8,13H,5-6,9H2,1-4H3,(H,20,21). The fourth-order valence-electron chi connectivity index (χ4n) is 2.96. The Bertz CT molecular complexity index is 575. The Kier molecular flexibility index (Phi) is 4.03. The van der Waals surface area contributed by atoms with Crippen LogP contribution >= 0.6 is 0 Å². The number of aryl methyl sites for hydroxylation is 1. The molecule has 0 bridgehead atoms. The summed E-state index contributed by atoms with van der Waals surface area (Å²) in [4.78, 5) is 29.7. The summed E-state index contributed by atoms with van der Waals surface area (Å²) in [5, 5.41) is 9.02. The van der Waals surface area contributed by atoms with Gasteiger partial charge in [-0.1, -0.05) is 20.8 Å². The SMILES string of the molecule is Cc1nc(C(=O)N2CCCC2C(C)(C)C)ccc1C(=O)O. The molecule has 0 aliphatic carbocycles. The van der Waals surface area contributed by atoms with Gasteiger partial charge in [-0.2, -0.15) is 0 Å². The van der Waals surface area contributed by atoms with Gasteiger partial charge in [-0.25, -0.2) is 9.78 Å². The van der Waals surface area contributed by atoms with Crippen LogP contribution in [0.25, 0.3) is 0 Å². The number of pyridine rings is 1. The molecule has 1 atom stereocenters. The van der Waals surface area contributed by atoms with Crippen molar-refractivity contribution in [2.45, 2.75) is 46.6 Å². The molecular weight excluding hydrogens is 268 g/mol. The first-order valence-corrected chi connectivity index (χ1v) is 7.23. The number of carbonyl (C=O) groups is 2. The van der Waals surface area contributed by atoms with Crippen LogP contribution in [-0.4, -0.2) is 39.5 Å². The van der Waals surface area contributed by atoms with Gasteiger partial charge in [0, 0.05) is 12.6 Å². The van der Waals surface area contributed by atoms with E-state index in [0.29, 0.717) is 11.4 Å². The zero-order chi connectivity index (χ0) is 15.8. The molecule has 0 radical (unpaired) electrons. The van der Waals surface area contributed by atoms with E-state index in [0.717, 1.165) is 19.4 Å². The van der Waals surface area contributed by atoms with E-state index in [-0.39, 0.29) is 22.9 Å². The third-order valence-corrected chi connectivity index (χ3v) is 4.05. The smallest absolute Gasteiger partial charge is 0.337 e. The molecule has 1 unspecified atom stereocenters. The lowest BCUT2D eigenvalue weighted by molar-refractivity contribution is 0.0617. The van der Waals surface area contributed by atoms with Crippen molar-refractivity contribution in [3.05, 3.63) is 29.1 Å². The van der Waals surface area contributed by atoms with Crippen LogP contribution < -0.4 is 0 Å². The van der Waals surface area contributed by atoms with E-state index in [9.17, 15) is 9.59 Å².